The molecule has 13 nitrogen and oxygen atoms in total. The first kappa shape index (κ1) is 27.5. The third kappa shape index (κ3) is 6.14. The number of aromatic nitrogens is 1. The summed E-state index contributed by atoms with van der Waals surface area (Å²) >= 11 is 0. The zero-order valence-corrected chi connectivity index (χ0v) is 20.8. The van der Waals surface area contributed by atoms with Crippen LogP contribution < -0.4 is 20.6 Å². The van der Waals surface area contributed by atoms with Crippen LogP contribution in [0.25, 0.3) is 0 Å². The van der Waals surface area contributed by atoms with E-state index < -0.39 is 44.5 Å². The number of aromatic carboxylic acids is 1. The van der Waals surface area contributed by atoms with Gasteiger partial charge in [-0.15, -0.1) is 0 Å². The lowest BCUT2D eigenvalue weighted by atomic mass is 9.72. The molecular formula is C24H20BN4O9P. The van der Waals surface area contributed by atoms with Crippen LogP contribution in [0.2, 0.25) is 0 Å². The number of hydrogen-bond acceptors (Lipinski definition) is 8. The number of amides is 2. The molecule has 0 bridgehead atoms. The third-order valence-corrected chi connectivity index (χ3v) is 6.87. The highest BCUT2D eigenvalue weighted by atomic mass is 31.2. The lowest BCUT2D eigenvalue weighted by Gasteiger charge is -2.30. The van der Waals surface area contributed by atoms with E-state index in [1.165, 1.54) is 42.6 Å². The number of hydrogen-bond donors (Lipinski definition) is 6. The number of para-hydroxylation sites is 1. The summed E-state index contributed by atoms with van der Waals surface area (Å²) in [6.45, 7) is 0. The predicted octanol–water partition coefficient (Wildman–Crippen LogP) is 0.0652. The minimum absolute atomic E-state index is 0.00689. The highest BCUT2D eigenvalue weighted by molar-refractivity contribution is 7.60. The summed E-state index contributed by atoms with van der Waals surface area (Å²) in [6.07, 6.45) is 1.25. The van der Waals surface area contributed by atoms with Gasteiger partial charge >= 0.3 is 20.7 Å². The highest BCUT2D eigenvalue weighted by Gasteiger charge is 2.39. The molecule has 2 amide bonds. The van der Waals surface area contributed by atoms with E-state index in [1.54, 1.807) is 6.07 Å². The summed E-state index contributed by atoms with van der Waals surface area (Å²) in [5.74, 6) is -3.94. The van der Waals surface area contributed by atoms with Crippen LogP contribution in [0, 0.1) is 11.3 Å². The molecule has 3 aromatic rings. The predicted molar refractivity (Wildman–Crippen MR) is 135 cm³/mol. The van der Waals surface area contributed by atoms with Gasteiger partial charge in [-0.25, -0.2) is 4.79 Å². The van der Waals surface area contributed by atoms with Crippen molar-refractivity contribution in [2.45, 2.75) is 18.4 Å². The van der Waals surface area contributed by atoms with Crippen molar-refractivity contribution in [1.82, 2.24) is 15.6 Å². The molecule has 198 valence electrons. The average Bonchev–Trinajstić information content (AvgIpc) is 2.91. The molecule has 1 aliphatic heterocycles. The number of rotatable bonds is 7. The molecule has 0 spiro atoms. The number of nitrogens with zero attached hydrogens (tertiary/aromatic N) is 2. The van der Waals surface area contributed by atoms with Crippen LogP contribution in [0.1, 0.15) is 43.6 Å². The van der Waals surface area contributed by atoms with Gasteiger partial charge in [-0.2, -0.15) is 5.26 Å². The second-order valence-corrected chi connectivity index (χ2v) is 10.1. The number of carbonyl (C=O) groups is 3. The Morgan fingerprint density at radius 1 is 1.15 bits per heavy atom. The fraction of sp³-hybridized carbons (Fsp3) is 0.125. The number of benzene rings is 2. The van der Waals surface area contributed by atoms with Crippen LogP contribution in [0.3, 0.4) is 0 Å². The lowest BCUT2D eigenvalue weighted by molar-refractivity contribution is -0.123. The maximum absolute atomic E-state index is 13.4. The summed E-state index contributed by atoms with van der Waals surface area (Å²) in [5.41, 5.74) is 0.418. The summed E-state index contributed by atoms with van der Waals surface area (Å²) in [4.78, 5) is 60.5. The molecule has 0 aliphatic carbocycles. The van der Waals surface area contributed by atoms with Crippen LogP contribution in [0.15, 0.2) is 60.8 Å². The Labute approximate surface area is 221 Å². The Morgan fingerprint density at radius 2 is 1.87 bits per heavy atom. The summed E-state index contributed by atoms with van der Waals surface area (Å²) in [7, 11) is -6.20. The monoisotopic (exact) mass is 550 g/mol. The molecule has 2 atom stereocenters. The minimum Gasteiger partial charge on any atom is -0.534 e. The maximum Gasteiger partial charge on any atom is 0.547 e. The van der Waals surface area contributed by atoms with Gasteiger partial charge in [0.1, 0.15) is 17.5 Å². The van der Waals surface area contributed by atoms with E-state index in [2.05, 4.69) is 15.6 Å². The third-order valence-electron chi connectivity index (χ3n) is 5.90. The number of carbonyl (C=O) groups excluding carboxylic acids is 2. The molecule has 1 unspecified atom stereocenters. The molecule has 2 aromatic carbocycles. The Kier molecular flexibility index (Phi) is 7.80. The Bertz CT molecular complexity index is 1540. The number of carboxylic acid groups (broad SMARTS) is 1. The first-order valence-electron chi connectivity index (χ1n) is 11.3. The van der Waals surface area contributed by atoms with Crippen molar-refractivity contribution in [3.63, 3.8) is 0 Å². The lowest BCUT2D eigenvalue weighted by Crippen LogP contribution is -2.55. The van der Waals surface area contributed by atoms with Crippen LogP contribution in [-0.4, -0.2) is 55.7 Å². The van der Waals surface area contributed by atoms with Gasteiger partial charge in [0, 0.05) is 6.20 Å². The van der Waals surface area contributed by atoms with Crippen molar-refractivity contribution in [3.05, 3.63) is 88.7 Å². The molecule has 0 radical (unpaired) electrons. The minimum atomic E-state index is -4.58. The van der Waals surface area contributed by atoms with Gasteiger partial charge in [0.05, 0.1) is 28.4 Å². The largest absolute Gasteiger partial charge is 0.547 e. The van der Waals surface area contributed by atoms with Crippen molar-refractivity contribution >= 4 is 37.8 Å². The highest BCUT2D eigenvalue weighted by Crippen LogP contribution is 2.33. The van der Waals surface area contributed by atoms with Gasteiger partial charge in [-0.05, 0) is 47.9 Å². The van der Waals surface area contributed by atoms with Crippen LogP contribution >= 0.6 is 7.60 Å². The van der Waals surface area contributed by atoms with Gasteiger partial charge in [-0.1, -0.05) is 24.3 Å². The topological polar surface area (TPSA) is 219 Å². The number of carboxylic acids is 1. The first-order valence-corrected chi connectivity index (χ1v) is 12.9. The molecule has 4 rings (SSSR count). The van der Waals surface area contributed by atoms with Gasteiger partial charge in [0.25, 0.3) is 5.91 Å². The van der Waals surface area contributed by atoms with Crippen molar-refractivity contribution < 1.29 is 43.5 Å². The molecule has 0 fully saturated rings. The van der Waals surface area contributed by atoms with Gasteiger partial charge in [-0.3, -0.25) is 19.1 Å². The summed E-state index contributed by atoms with van der Waals surface area (Å²) in [5, 5.41) is 33.8. The Morgan fingerprint density at radius 3 is 2.51 bits per heavy atom. The number of pyridine rings is 1. The molecule has 6 N–H and O–H groups in total. The van der Waals surface area contributed by atoms with E-state index >= 15 is 0 Å². The number of fused-ring (bicyclic) bond motifs is 1. The van der Waals surface area contributed by atoms with Crippen LogP contribution in [-0.2, 0) is 15.8 Å². The second-order valence-electron chi connectivity index (χ2n) is 8.51. The summed E-state index contributed by atoms with van der Waals surface area (Å²) in [6, 6.07) is 12.2. The zero-order chi connectivity index (χ0) is 28.3. The van der Waals surface area contributed by atoms with Crippen molar-refractivity contribution in [2.75, 3.05) is 0 Å². The molecule has 0 saturated carbocycles. The van der Waals surface area contributed by atoms with E-state index in [9.17, 15) is 38.9 Å². The van der Waals surface area contributed by atoms with E-state index in [0.717, 1.165) is 12.1 Å². The molecule has 1 aliphatic rings. The van der Waals surface area contributed by atoms with Gasteiger partial charge < -0.3 is 35.2 Å². The van der Waals surface area contributed by atoms with E-state index in [-0.39, 0.29) is 39.9 Å². The normalized spacial score (nSPS) is 15.2. The maximum atomic E-state index is 13.4. The average molecular weight is 550 g/mol. The molecular weight excluding hydrogens is 530 g/mol. The number of nitrogens with one attached hydrogen (secondary N) is 2. The van der Waals surface area contributed by atoms with Gasteiger partial charge in [0.15, 0.2) is 0 Å². The van der Waals surface area contributed by atoms with Crippen LogP contribution in [0.4, 0.5) is 0 Å². The first-order chi connectivity index (χ1) is 18.5. The quantitative estimate of drug-likeness (QED) is 0.171. The molecule has 1 aromatic heterocycles. The van der Waals surface area contributed by atoms with E-state index in [0.29, 0.717) is 5.56 Å². The SMILES string of the molecule is N#Cc1ccnc(C(=O)NC(C(=O)N[C@H]2Cc3cccc(C(=O)O)c3OB2O)c2ccc(P(=O)(O)O)cc2)c1. The Balaban J connectivity index is 1.62. The molecule has 0 saturated heterocycles. The number of nitriles is 1. The fourth-order valence-corrected chi connectivity index (χ4v) is 4.51. The van der Waals surface area contributed by atoms with E-state index in [1.807, 2.05) is 6.07 Å². The molecule has 2 heterocycles. The molecule has 15 heteroatoms. The molecule has 39 heavy (non-hydrogen) atoms. The Hall–Kier alpha value is -4.54. The standard InChI is InChI=1S/C24H20BN4O9P/c26-12-13-8-9-27-18(10-13)22(30)29-20(14-4-6-16(7-5-14)39(35,36)37)23(31)28-19-11-15-2-1-3-17(24(32)33)21(15)38-25(19)34/h1-10,19-20,34H,11H2,(H,28,31)(H,29,30)(H,32,33)(H2,35,36,37)/t19-,20?/m0/s1. The smallest absolute Gasteiger partial charge is 0.534 e. The zero-order valence-electron chi connectivity index (χ0n) is 19.9. The van der Waals surface area contributed by atoms with Crippen molar-refractivity contribution in [1.29, 1.82) is 5.26 Å². The second kappa shape index (κ2) is 11.1. The fourth-order valence-electron chi connectivity index (χ4n) is 3.97. The van der Waals surface area contributed by atoms with Gasteiger partial charge in [0.2, 0.25) is 5.91 Å². The van der Waals surface area contributed by atoms with Crippen molar-refractivity contribution in [3.8, 4) is 11.8 Å². The summed E-state index contributed by atoms with van der Waals surface area (Å²) < 4.78 is 17.0. The van der Waals surface area contributed by atoms with E-state index in [4.69, 9.17) is 9.92 Å². The van der Waals surface area contributed by atoms with Crippen molar-refractivity contribution in [2.24, 2.45) is 0 Å². The van der Waals surface area contributed by atoms with Crippen LogP contribution in [0.5, 0.6) is 5.75 Å².